The van der Waals surface area contributed by atoms with Crippen molar-refractivity contribution in [1.82, 2.24) is 10.2 Å². The van der Waals surface area contributed by atoms with Gasteiger partial charge >= 0.3 is 0 Å². The molecule has 1 atom stereocenters. The van der Waals surface area contributed by atoms with Gasteiger partial charge in [0.05, 0.1) is 6.10 Å². The van der Waals surface area contributed by atoms with Crippen molar-refractivity contribution in [2.24, 2.45) is 4.99 Å². The molecule has 116 valence electrons. The van der Waals surface area contributed by atoms with Crippen molar-refractivity contribution in [3.63, 3.8) is 0 Å². The van der Waals surface area contributed by atoms with Crippen molar-refractivity contribution >= 4 is 5.96 Å². The molecule has 0 spiro atoms. The first-order chi connectivity index (χ1) is 10.2. The summed E-state index contributed by atoms with van der Waals surface area (Å²) in [7, 11) is 3.71. The Morgan fingerprint density at radius 1 is 1.52 bits per heavy atom. The molecule has 0 aliphatic carbocycles. The van der Waals surface area contributed by atoms with Crippen molar-refractivity contribution in [3.05, 3.63) is 35.6 Å². The number of guanidine groups is 1. The summed E-state index contributed by atoms with van der Waals surface area (Å²) in [6.07, 6.45) is 3.69. The van der Waals surface area contributed by atoms with Crippen LogP contribution in [0.1, 0.15) is 24.8 Å². The second-order valence-corrected chi connectivity index (χ2v) is 5.38. The fraction of sp³-hybridized carbons (Fsp3) is 0.562. The largest absolute Gasteiger partial charge is 0.378 e. The highest BCUT2D eigenvalue weighted by molar-refractivity contribution is 5.79. The van der Waals surface area contributed by atoms with Gasteiger partial charge in [-0.25, -0.2) is 4.39 Å². The lowest BCUT2D eigenvalue weighted by Gasteiger charge is -2.22. The molecule has 0 saturated carbocycles. The first-order valence-corrected chi connectivity index (χ1v) is 7.47. The van der Waals surface area contributed by atoms with Crippen LogP contribution in [0, 0.1) is 5.82 Å². The van der Waals surface area contributed by atoms with E-state index in [0.717, 1.165) is 37.5 Å². The minimum atomic E-state index is -0.206. The summed E-state index contributed by atoms with van der Waals surface area (Å²) in [5, 5.41) is 3.33. The first kappa shape index (κ1) is 15.8. The minimum absolute atomic E-state index is 0.206. The fourth-order valence-electron chi connectivity index (χ4n) is 2.59. The number of nitrogens with zero attached hydrogens (tertiary/aromatic N) is 2. The molecule has 1 unspecified atom stereocenters. The third-order valence-electron chi connectivity index (χ3n) is 3.66. The van der Waals surface area contributed by atoms with Gasteiger partial charge in [-0.3, -0.25) is 4.99 Å². The van der Waals surface area contributed by atoms with Gasteiger partial charge in [0.1, 0.15) is 5.82 Å². The van der Waals surface area contributed by atoms with Crippen molar-refractivity contribution in [1.29, 1.82) is 0 Å². The Labute approximate surface area is 126 Å². The second kappa shape index (κ2) is 7.98. The zero-order valence-electron chi connectivity index (χ0n) is 12.8. The number of halogens is 1. The molecule has 2 rings (SSSR count). The predicted octanol–water partition coefficient (Wildman–Crippen LogP) is 2.40. The molecule has 1 aliphatic heterocycles. The summed E-state index contributed by atoms with van der Waals surface area (Å²) in [6.45, 7) is 2.35. The molecular weight excluding hydrogens is 269 g/mol. The topological polar surface area (TPSA) is 36.9 Å². The Morgan fingerprint density at radius 3 is 3.05 bits per heavy atom. The van der Waals surface area contributed by atoms with Gasteiger partial charge in [-0.1, -0.05) is 12.1 Å². The Bertz CT molecular complexity index is 472. The molecule has 0 aromatic heterocycles. The molecule has 1 saturated heterocycles. The van der Waals surface area contributed by atoms with Crippen molar-refractivity contribution in [3.8, 4) is 0 Å². The van der Waals surface area contributed by atoms with Crippen LogP contribution in [-0.2, 0) is 11.3 Å². The smallest absolute Gasteiger partial charge is 0.193 e. The number of ether oxygens (including phenoxy) is 1. The summed E-state index contributed by atoms with van der Waals surface area (Å²) >= 11 is 0. The standard InChI is InChI=1S/C16H24FN3O/c1-18-16(19-9-8-15-7-4-10-21-15)20(2)12-13-5-3-6-14(17)11-13/h3,5-6,11,15H,4,7-10,12H2,1-2H3,(H,18,19). The quantitative estimate of drug-likeness (QED) is 0.669. The van der Waals surface area contributed by atoms with E-state index in [4.69, 9.17) is 4.74 Å². The molecule has 1 heterocycles. The zero-order valence-corrected chi connectivity index (χ0v) is 12.8. The lowest BCUT2D eigenvalue weighted by molar-refractivity contribution is 0.105. The molecule has 21 heavy (non-hydrogen) atoms. The molecule has 5 heteroatoms. The molecule has 4 nitrogen and oxygen atoms in total. The van der Waals surface area contributed by atoms with Crippen molar-refractivity contribution in [2.45, 2.75) is 31.9 Å². The lowest BCUT2D eigenvalue weighted by atomic mass is 10.2. The number of hydrogen-bond acceptors (Lipinski definition) is 2. The summed E-state index contributed by atoms with van der Waals surface area (Å²) in [4.78, 5) is 6.26. The fourth-order valence-corrected chi connectivity index (χ4v) is 2.59. The molecule has 0 bridgehead atoms. The van der Waals surface area contributed by atoms with Crippen LogP contribution >= 0.6 is 0 Å². The number of aliphatic imine (C=N–C) groups is 1. The van der Waals surface area contributed by atoms with Crippen LogP contribution in [0.25, 0.3) is 0 Å². The lowest BCUT2D eigenvalue weighted by Crippen LogP contribution is -2.39. The van der Waals surface area contributed by atoms with Crippen LogP contribution in [0.3, 0.4) is 0 Å². The Morgan fingerprint density at radius 2 is 2.38 bits per heavy atom. The number of rotatable bonds is 5. The number of hydrogen-bond donors (Lipinski definition) is 1. The van der Waals surface area contributed by atoms with Crippen molar-refractivity contribution < 1.29 is 9.13 Å². The van der Waals surface area contributed by atoms with Gasteiger partial charge in [0, 0.05) is 33.8 Å². The molecular formula is C16H24FN3O. The highest BCUT2D eigenvalue weighted by Gasteiger charge is 2.15. The van der Waals surface area contributed by atoms with E-state index in [1.54, 1.807) is 19.2 Å². The van der Waals surface area contributed by atoms with E-state index < -0.39 is 0 Å². The molecule has 1 aliphatic rings. The minimum Gasteiger partial charge on any atom is -0.378 e. The van der Waals surface area contributed by atoms with Gasteiger partial charge in [-0.15, -0.1) is 0 Å². The van der Waals surface area contributed by atoms with Crippen LogP contribution in [-0.4, -0.2) is 44.2 Å². The Kier molecular flexibility index (Phi) is 5.99. The zero-order chi connectivity index (χ0) is 15.1. The summed E-state index contributed by atoms with van der Waals surface area (Å²) in [6, 6.07) is 6.65. The average Bonchev–Trinajstić information content (AvgIpc) is 2.96. The summed E-state index contributed by atoms with van der Waals surface area (Å²) in [5.74, 6) is 0.611. The van der Waals surface area contributed by atoms with Gasteiger partial charge in [0.2, 0.25) is 0 Å². The second-order valence-electron chi connectivity index (χ2n) is 5.38. The van der Waals surface area contributed by atoms with Crippen LogP contribution in [0.15, 0.2) is 29.3 Å². The number of benzene rings is 1. The summed E-state index contributed by atoms with van der Waals surface area (Å²) in [5.41, 5.74) is 0.930. The Hall–Kier alpha value is -1.62. The maximum atomic E-state index is 13.2. The highest BCUT2D eigenvalue weighted by atomic mass is 19.1. The number of nitrogens with one attached hydrogen (secondary N) is 1. The van der Waals surface area contributed by atoms with Gasteiger partial charge in [0.25, 0.3) is 0 Å². The van der Waals surface area contributed by atoms with E-state index in [-0.39, 0.29) is 5.82 Å². The molecule has 0 radical (unpaired) electrons. The third kappa shape index (κ3) is 5.01. The van der Waals surface area contributed by atoms with Gasteiger partial charge in [0.15, 0.2) is 5.96 Å². The average molecular weight is 293 g/mol. The first-order valence-electron chi connectivity index (χ1n) is 7.47. The van der Waals surface area contributed by atoms with Gasteiger partial charge < -0.3 is 15.0 Å². The van der Waals surface area contributed by atoms with E-state index in [9.17, 15) is 4.39 Å². The van der Waals surface area contributed by atoms with E-state index in [0.29, 0.717) is 12.6 Å². The summed E-state index contributed by atoms with van der Waals surface area (Å²) < 4.78 is 18.8. The molecule has 1 aromatic rings. The van der Waals surface area contributed by atoms with E-state index in [2.05, 4.69) is 10.3 Å². The predicted molar refractivity (Wildman–Crippen MR) is 82.8 cm³/mol. The Balaban J connectivity index is 1.79. The van der Waals surface area contributed by atoms with E-state index >= 15 is 0 Å². The normalized spacial score (nSPS) is 18.8. The molecule has 1 N–H and O–H groups in total. The van der Waals surface area contributed by atoms with Gasteiger partial charge in [-0.2, -0.15) is 0 Å². The maximum Gasteiger partial charge on any atom is 0.193 e. The van der Waals surface area contributed by atoms with Crippen LogP contribution in [0.5, 0.6) is 0 Å². The molecule has 0 amide bonds. The van der Waals surface area contributed by atoms with E-state index in [1.165, 1.54) is 12.5 Å². The molecule has 1 fully saturated rings. The highest BCUT2D eigenvalue weighted by Crippen LogP contribution is 2.14. The van der Waals surface area contributed by atoms with Crippen LogP contribution < -0.4 is 5.32 Å². The van der Waals surface area contributed by atoms with Crippen LogP contribution in [0.4, 0.5) is 4.39 Å². The van der Waals surface area contributed by atoms with Gasteiger partial charge in [-0.05, 0) is 37.0 Å². The maximum absolute atomic E-state index is 13.2. The SMILES string of the molecule is CN=C(NCCC1CCCO1)N(C)Cc1cccc(F)c1. The monoisotopic (exact) mass is 293 g/mol. The van der Waals surface area contributed by atoms with Crippen LogP contribution in [0.2, 0.25) is 0 Å². The third-order valence-corrected chi connectivity index (χ3v) is 3.66. The molecule has 1 aromatic carbocycles. The van der Waals surface area contributed by atoms with Crippen molar-refractivity contribution in [2.75, 3.05) is 27.2 Å². The van der Waals surface area contributed by atoms with E-state index in [1.807, 2.05) is 18.0 Å².